The van der Waals surface area contributed by atoms with Gasteiger partial charge >= 0.3 is 4.87 Å². The van der Waals surface area contributed by atoms with Crippen molar-refractivity contribution in [2.45, 2.75) is 36.6 Å². The van der Waals surface area contributed by atoms with Crippen LogP contribution in [0, 0.1) is 18.7 Å². The van der Waals surface area contributed by atoms with Crippen molar-refractivity contribution in [2.75, 3.05) is 16.8 Å². The number of hydrogen-bond donors (Lipinski definition) is 2. The van der Waals surface area contributed by atoms with E-state index in [1.54, 1.807) is 31.2 Å². The number of nitrogens with one attached hydrogen (secondary N) is 1. The number of thiazole rings is 1. The minimum Gasteiger partial charge on any atom is -0.504 e. The third-order valence-corrected chi connectivity index (χ3v) is 10.0. The van der Waals surface area contributed by atoms with Gasteiger partial charge < -0.3 is 15.2 Å². The number of imide groups is 1. The standard InChI is InChI=1S/C31H26FN3O6S2/c1-3-41-22-14-17(6-13-21(22)36)24-25-26(29(39)35(28(25)38)20-11-4-16(2)5-12-20)42-30-27(24)43-31(40)34(30)15-23(37)33-19-9-7-18(32)8-10-19/h4-14,24-26,36H,3,15H2,1-2H3,(H,33,37)/t24-,25+,26-/m0/s1. The Kier molecular flexibility index (Phi) is 7.57. The Morgan fingerprint density at radius 1 is 1.02 bits per heavy atom. The number of rotatable bonds is 7. The molecule has 0 radical (unpaired) electrons. The topological polar surface area (TPSA) is 118 Å². The van der Waals surface area contributed by atoms with Crippen LogP contribution in [-0.4, -0.2) is 39.3 Å². The molecule has 2 N–H and O–H groups in total. The molecule has 43 heavy (non-hydrogen) atoms. The second kappa shape index (κ2) is 11.3. The van der Waals surface area contributed by atoms with Gasteiger partial charge in [0.25, 0.3) is 0 Å². The van der Waals surface area contributed by atoms with Crippen LogP contribution in [0.15, 0.2) is 76.6 Å². The third kappa shape index (κ3) is 5.21. The Bertz CT molecular complexity index is 1800. The summed E-state index contributed by atoms with van der Waals surface area (Å²) >= 11 is 2.02. The Balaban J connectivity index is 1.43. The number of halogens is 1. The maximum Gasteiger partial charge on any atom is 0.308 e. The predicted octanol–water partition coefficient (Wildman–Crippen LogP) is 4.90. The van der Waals surface area contributed by atoms with Gasteiger partial charge in [-0.05, 0) is 67.9 Å². The minimum absolute atomic E-state index is 0.0779. The molecule has 0 saturated carbocycles. The number of ether oxygens (including phenoxy) is 1. The summed E-state index contributed by atoms with van der Waals surface area (Å²) in [4.78, 5) is 55.6. The highest BCUT2D eigenvalue weighted by molar-refractivity contribution is 8.00. The first-order valence-corrected chi connectivity index (χ1v) is 15.2. The summed E-state index contributed by atoms with van der Waals surface area (Å²) in [7, 11) is 0. The van der Waals surface area contributed by atoms with Crippen LogP contribution in [0.2, 0.25) is 0 Å². The largest absolute Gasteiger partial charge is 0.504 e. The van der Waals surface area contributed by atoms with Crippen LogP contribution in [0.4, 0.5) is 15.8 Å². The number of aromatic nitrogens is 1. The van der Waals surface area contributed by atoms with Crippen molar-refractivity contribution in [1.82, 2.24) is 4.57 Å². The molecule has 12 heteroatoms. The lowest BCUT2D eigenvalue weighted by molar-refractivity contribution is -0.122. The number of benzene rings is 3. The van der Waals surface area contributed by atoms with Crippen LogP contribution >= 0.6 is 23.1 Å². The average molecular weight is 620 g/mol. The fourth-order valence-electron chi connectivity index (χ4n) is 5.44. The molecule has 3 heterocycles. The fraction of sp³-hybridized carbons (Fsp3) is 0.226. The van der Waals surface area contributed by atoms with Crippen molar-refractivity contribution in [1.29, 1.82) is 0 Å². The predicted molar refractivity (Wildman–Crippen MR) is 162 cm³/mol. The summed E-state index contributed by atoms with van der Waals surface area (Å²) in [6, 6.07) is 17.1. The number of carbonyl (C=O) groups is 3. The third-order valence-electron chi connectivity index (χ3n) is 7.41. The molecule has 4 aromatic rings. The normalized spacial score (nSPS) is 19.2. The van der Waals surface area contributed by atoms with Crippen LogP contribution in [0.3, 0.4) is 0 Å². The zero-order chi connectivity index (χ0) is 30.4. The fourth-order valence-corrected chi connectivity index (χ4v) is 8.21. The monoisotopic (exact) mass is 619 g/mol. The van der Waals surface area contributed by atoms with E-state index in [0.29, 0.717) is 33.4 Å². The van der Waals surface area contributed by atoms with E-state index < -0.39 is 45.5 Å². The van der Waals surface area contributed by atoms with Crippen LogP contribution in [0.5, 0.6) is 11.5 Å². The van der Waals surface area contributed by atoms with E-state index in [0.717, 1.165) is 28.7 Å². The summed E-state index contributed by atoms with van der Waals surface area (Å²) in [5.74, 6) is -3.18. The van der Waals surface area contributed by atoms with E-state index in [-0.39, 0.29) is 18.0 Å². The number of hydrogen-bond acceptors (Lipinski definition) is 8. The lowest BCUT2D eigenvalue weighted by atomic mass is 9.83. The zero-order valence-corrected chi connectivity index (χ0v) is 24.7. The average Bonchev–Trinajstić information content (AvgIpc) is 3.42. The molecule has 1 fully saturated rings. The number of thioether (sulfide) groups is 1. The van der Waals surface area contributed by atoms with Crippen molar-refractivity contribution < 1.29 is 28.6 Å². The number of aromatic hydroxyl groups is 1. The highest BCUT2D eigenvalue weighted by Gasteiger charge is 2.57. The molecule has 0 unspecified atom stereocenters. The van der Waals surface area contributed by atoms with Gasteiger partial charge in [0.15, 0.2) is 11.5 Å². The number of fused-ring (bicyclic) bond motifs is 2. The summed E-state index contributed by atoms with van der Waals surface area (Å²) in [5, 5.41) is 12.6. The molecule has 0 spiro atoms. The van der Waals surface area contributed by atoms with Crippen LogP contribution in [0.1, 0.15) is 28.8 Å². The van der Waals surface area contributed by atoms with Crippen molar-refractivity contribution in [3.05, 3.63) is 98.2 Å². The van der Waals surface area contributed by atoms with Crippen molar-refractivity contribution in [2.24, 2.45) is 5.92 Å². The summed E-state index contributed by atoms with van der Waals surface area (Å²) < 4.78 is 20.2. The van der Waals surface area contributed by atoms with Gasteiger partial charge in [-0.25, -0.2) is 9.29 Å². The molecule has 220 valence electrons. The maximum absolute atomic E-state index is 14.0. The molecule has 2 aliphatic rings. The molecule has 1 aromatic heterocycles. The quantitative estimate of drug-likeness (QED) is 0.283. The molecule has 3 aromatic carbocycles. The van der Waals surface area contributed by atoms with Gasteiger partial charge in [-0.15, -0.1) is 0 Å². The van der Waals surface area contributed by atoms with Gasteiger partial charge in [-0.1, -0.05) is 46.9 Å². The number of anilines is 2. The molecular formula is C31H26FN3O6S2. The Hall–Kier alpha value is -4.42. The molecule has 2 aliphatic heterocycles. The number of phenolic OH excluding ortho intramolecular Hbond substituents is 1. The summed E-state index contributed by atoms with van der Waals surface area (Å²) in [6.45, 7) is 3.63. The first-order valence-electron chi connectivity index (χ1n) is 13.5. The molecule has 0 aliphatic carbocycles. The zero-order valence-electron chi connectivity index (χ0n) is 23.1. The SMILES string of the molecule is CCOc1cc([C@@H]2c3sc(=O)n(CC(=O)Nc4ccc(F)cc4)c3S[C@@H]3C(=O)N(c4ccc(C)cc4)C(=O)[C@H]23)ccc1O. The van der Waals surface area contributed by atoms with Gasteiger partial charge in [0.1, 0.15) is 17.6 Å². The number of phenols is 1. The number of amides is 3. The smallest absolute Gasteiger partial charge is 0.308 e. The summed E-state index contributed by atoms with van der Waals surface area (Å²) in [6.07, 6.45) is 0. The van der Waals surface area contributed by atoms with E-state index in [2.05, 4.69) is 5.32 Å². The Labute approximate surface area is 253 Å². The molecule has 1 saturated heterocycles. The number of carbonyl (C=O) groups excluding carboxylic acids is 3. The maximum atomic E-state index is 14.0. The molecule has 3 amide bonds. The molecule has 3 atom stereocenters. The Morgan fingerprint density at radius 3 is 2.44 bits per heavy atom. The van der Waals surface area contributed by atoms with E-state index in [4.69, 9.17) is 4.74 Å². The van der Waals surface area contributed by atoms with E-state index in [9.17, 15) is 28.7 Å². The van der Waals surface area contributed by atoms with E-state index in [1.807, 2.05) is 19.1 Å². The van der Waals surface area contributed by atoms with Gasteiger partial charge in [-0.2, -0.15) is 0 Å². The molecular weight excluding hydrogens is 593 g/mol. The minimum atomic E-state index is -0.865. The molecule has 6 rings (SSSR count). The lowest BCUT2D eigenvalue weighted by Crippen LogP contribution is -2.33. The van der Waals surface area contributed by atoms with E-state index >= 15 is 0 Å². The van der Waals surface area contributed by atoms with Crippen molar-refractivity contribution >= 4 is 52.2 Å². The second-order valence-corrected chi connectivity index (χ2v) is 12.4. The second-order valence-electron chi connectivity index (χ2n) is 10.2. The first kappa shape index (κ1) is 28.7. The van der Waals surface area contributed by atoms with Crippen LogP contribution < -0.4 is 19.8 Å². The van der Waals surface area contributed by atoms with Gasteiger partial charge in [-0.3, -0.25) is 23.7 Å². The lowest BCUT2D eigenvalue weighted by Gasteiger charge is -2.31. The summed E-state index contributed by atoms with van der Waals surface area (Å²) in [5.41, 5.74) is 2.39. The van der Waals surface area contributed by atoms with Crippen LogP contribution in [-0.2, 0) is 20.9 Å². The number of aryl methyl sites for hydroxylation is 1. The Morgan fingerprint density at radius 2 is 1.74 bits per heavy atom. The van der Waals surface area contributed by atoms with E-state index in [1.165, 1.54) is 39.8 Å². The highest BCUT2D eigenvalue weighted by atomic mass is 32.2. The highest BCUT2D eigenvalue weighted by Crippen LogP contribution is 2.54. The number of nitrogens with zero attached hydrogens (tertiary/aromatic N) is 2. The van der Waals surface area contributed by atoms with Gasteiger partial charge in [0.2, 0.25) is 17.7 Å². The van der Waals surface area contributed by atoms with Gasteiger partial charge in [0.05, 0.1) is 23.2 Å². The van der Waals surface area contributed by atoms with Crippen LogP contribution in [0.25, 0.3) is 0 Å². The van der Waals surface area contributed by atoms with Gasteiger partial charge in [0, 0.05) is 16.5 Å². The van der Waals surface area contributed by atoms with Crippen molar-refractivity contribution in [3.63, 3.8) is 0 Å². The first-order chi connectivity index (χ1) is 20.7. The molecule has 0 bridgehead atoms. The van der Waals surface area contributed by atoms with Crippen molar-refractivity contribution in [3.8, 4) is 11.5 Å². The molecule has 9 nitrogen and oxygen atoms in total.